The summed E-state index contributed by atoms with van der Waals surface area (Å²) >= 11 is 0. The van der Waals surface area contributed by atoms with Crippen LogP contribution in [0.3, 0.4) is 0 Å². The zero-order chi connectivity index (χ0) is 21.5. The maximum Gasteiger partial charge on any atom is 0.233 e. The highest BCUT2D eigenvalue weighted by Gasteiger charge is 2.48. The van der Waals surface area contributed by atoms with Crippen molar-refractivity contribution in [3.63, 3.8) is 0 Å². The molecule has 1 saturated heterocycles. The molecule has 3 amide bonds. The number of benzene rings is 1. The van der Waals surface area contributed by atoms with Crippen LogP contribution in [0.5, 0.6) is 0 Å². The molecule has 1 saturated carbocycles. The van der Waals surface area contributed by atoms with Gasteiger partial charge >= 0.3 is 0 Å². The van der Waals surface area contributed by atoms with Crippen LogP contribution >= 0.6 is 0 Å². The average Bonchev–Trinajstić information content (AvgIpc) is 2.92. The Balaban J connectivity index is 1.37. The standard InChI is InChI=1S/C23H27N5O3/c1-26-12-6-13-27(21-20(26)24-17-9-4-5-10-18(17)25-21)19(29)11-14-28-22(30)15-7-2-3-8-16(15)23(28)31/h4-5,9-10,15-16H,2-3,6-8,11-14H2,1H3/t15-,16-/m1/s1. The molecule has 0 N–H and O–H groups in total. The van der Waals surface area contributed by atoms with Gasteiger partial charge in [-0.25, -0.2) is 9.97 Å². The van der Waals surface area contributed by atoms with Gasteiger partial charge in [0.2, 0.25) is 17.7 Å². The number of anilines is 2. The number of rotatable bonds is 3. The third kappa shape index (κ3) is 3.43. The third-order valence-corrected chi connectivity index (χ3v) is 6.81. The summed E-state index contributed by atoms with van der Waals surface area (Å²) in [4.78, 5) is 53.2. The van der Waals surface area contributed by atoms with Crippen molar-refractivity contribution >= 4 is 40.4 Å². The Bertz CT molecular complexity index is 1030. The van der Waals surface area contributed by atoms with E-state index in [2.05, 4.69) is 0 Å². The van der Waals surface area contributed by atoms with Crippen molar-refractivity contribution < 1.29 is 14.4 Å². The first-order valence-corrected chi connectivity index (χ1v) is 11.2. The highest BCUT2D eigenvalue weighted by molar-refractivity contribution is 6.06. The lowest BCUT2D eigenvalue weighted by Gasteiger charge is -2.23. The van der Waals surface area contributed by atoms with Gasteiger partial charge in [0.15, 0.2) is 11.6 Å². The van der Waals surface area contributed by atoms with E-state index in [9.17, 15) is 14.4 Å². The Labute approximate surface area is 181 Å². The molecule has 0 unspecified atom stereocenters. The number of fused-ring (bicyclic) bond motifs is 3. The van der Waals surface area contributed by atoms with Gasteiger partial charge in [-0.3, -0.25) is 24.2 Å². The second-order valence-electron chi connectivity index (χ2n) is 8.76. The zero-order valence-corrected chi connectivity index (χ0v) is 17.8. The summed E-state index contributed by atoms with van der Waals surface area (Å²) in [6.45, 7) is 1.46. The molecule has 0 bridgehead atoms. The van der Waals surface area contributed by atoms with Crippen LogP contribution in [-0.4, -0.2) is 59.3 Å². The first-order valence-electron chi connectivity index (χ1n) is 11.2. The molecule has 0 radical (unpaired) electrons. The quantitative estimate of drug-likeness (QED) is 0.707. The number of amides is 3. The van der Waals surface area contributed by atoms with E-state index >= 15 is 0 Å². The van der Waals surface area contributed by atoms with Gasteiger partial charge in [-0.1, -0.05) is 25.0 Å². The minimum absolute atomic E-state index is 0.0933. The second-order valence-corrected chi connectivity index (χ2v) is 8.76. The van der Waals surface area contributed by atoms with Crippen LogP contribution in [0.2, 0.25) is 0 Å². The van der Waals surface area contributed by atoms with Gasteiger partial charge in [0.25, 0.3) is 0 Å². The summed E-state index contributed by atoms with van der Waals surface area (Å²) in [7, 11) is 1.96. The predicted octanol–water partition coefficient (Wildman–Crippen LogP) is 2.37. The molecule has 0 spiro atoms. The molecule has 1 aromatic carbocycles. The van der Waals surface area contributed by atoms with Crippen LogP contribution in [0.15, 0.2) is 24.3 Å². The molecule has 1 aliphatic carbocycles. The maximum absolute atomic E-state index is 13.2. The van der Waals surface area contributed by atoms with E-state index in [0.717, 1.165) is 49.7 Å². The fourth-order valence-corrected chi connectivity index (χ4v) is 5.13. The second kappa shape index (κ2) is 7.90. The Morgan fingerprint density at radius 1 is 0.935 bits per heavy atom. The van der Waals surface area contributed by atoms with Crippen LogP contribution in [0.4, 0.5) is 11.6 Å². The number of carbonyl (C=O) groups excluding carboxylic acids is 3. The van der Waals surface area contributed by atoms with Crippen molar-refractivity contribution in [2.45, 2.75) is 38.5 Å². The third-order valence-electron chi connectivity index (χ3n) is 6.81. The number of hydrogen-bond donors (Lipinski definition) is 0. The highest BCUT2D eigenvalue weighted by Crippen LogP contribution is 2.38. The molecule has 8 nitrogen and oxygen atoms in total. The number of carbonyl (C=O) groups is 3. The van der Waals surface area contributed by atoms with Gasteiger partial charge in [0.05, 0.1) is 22.9 Å². The van der Waals surface area contributed by atoms with E-state index in [-0.39, 0.29) is 42.5 Å². The summed E-state index contributed by atoms with van der Waals surface area (Å²) in [5.41, 5.74) is 1.53. The SMILES string of the molecule is CN1CCCN(C(=O)CCN2C(=O)[C@@H]3CCCC[C@H]3C2=O)c2nc3ccccc3nc21. The summed E-state index contributed by atoms with van der Waals surface area (Å²) in [6, 6.07) is 7.63. The van der Waals surface area contributed by atoms with Gasteiger partial charge in [0.1, 0.15) is 0 Å². The first-order chi connectivity index (χ1) is 15.0. The Hall–Kier alpha value is -3.03. The fourth-order valence-electron chi connectivity index (χ4n) is 5.13. The summed E-state index contributed by atoms with van der Waals surface area (Å²) < 4.78 is 0. The molecule has 162 valence electrons. The van der Waals surface area contributed by atoms with Crippen molar-refractivity contribution in [1.82, 2.24) is 14.9 Å². The van der Waals surface area contributed by atoms with Crippen LogP contribution in [-0.2, 0) is 14.4 Å². The van der Waals surface area contributed by atoms with E-state index in [1.54, 1.807) is 4.90 Å². The van der Waals surface area contributed by atoms with Crippen molar-refractivity contribution in [1.29, 1.82) is 0 Å². The Kier molecular flexibility index (Phi) is 5.08. The lowest BCUT2D eigenvalue weighted by molar-refractivity contribution is -0.140. The fraction of sp³-hybridized carbons (Fsp3) is 0.522. The minimum atomic E-state index is -0.179. The Morgan fingerprint density at radius 2 is 1.55 bits per heavy atom. The highest BCUT2D eigenvalue weighted by atomic mass is 16.2. The normalized spacial score (nSPS) is 23.7. The van der Waals surface area contributed by atoms with Crippen LogP contribution < -0.4 is 9.80 Å². The van der Waals surface area contributed by atoms with E-state index in [1.165, 1.54) is 4.90 Å². The van der Waals surface area contributed by atoms with Crippen LogP contribution in [0.25, 0.3) is 11.0 Å². The van der Waals surface area contributed by atoms with Crippen molar-refractivity contribution in [3.8, 4) is 0 Å². The van der Waals surface area contributed by atoms with Crippen molar-refractivity contribution in [3.05, 3.63) is 24.3 Å². The molecule has 31 heavy (non-hydrogen) atoms. The minimum Gasteiger partial charge on any atom is -0.357 e. The topological polar surface area (TPSA) is 86.7 Å². The summed E-state index contributed by atoms with van der Waals surface area (Å²) in [6.07, 6.45) is 4.47. The van der Waals surface area contributed by atoms with E-state index in [0.29, 0.717) is 18.2 Å². The average molecular weight is 422 g/mol. The molecule has 1 aromatic heterocycles. The first kappa shape index (κ1) is 19.9. The molecule has 3 heterocycles. The van der Waals surface area contributed by atoms with E-state index in [1.807, 2.05) is 36.2 Å². The molecule has 2 aliphatic heterocycles. The number of likely N-dealkylation sites (tertiary alicyclic amines) is 1. The number of imide groups is 1. The predicted molar refractivity (Wildman–Crippen MR) is 117 cm³/mol. The van der Waals surface area contributed by atoms with Crippen molar-refractivity contribution in [2.75, 3.05) is 36.5 Å². The van der Waals surface area contributed by atoms with Gasteiger partial charge in [0, 0.05) is 33.1 Å². The van der Waals surface area contributed by atoms with Crippen LogP contribution in [0.1, 0.15) is 38.5 Å². The van der Waals surface area contributed by atoms with E-state index in [4.69, 9.17) is 9.97 Å². The monoisotopic (exact) mass is 421 g/mol. The molecule has 5 rings (SSSR count). The molecular formula is C23H27N5O3. The molecule has 2 atom stereocenters. The lowest BCUT2D eigenvalue weighted by Crippen LogP contribution is -2.38. The number of nitrogens with zero attached hydrogens (tertiary/aromatic N) is 5. The summed E-state index contributed by atoms with van der Waals surface area (Å²) in [5.74, 6) is 0.563. The number of para-hydroxylation sites is 2. The Morgan fingerprint density at radius 3 is 2.19 bits per heavy atom. The maximum atomic E-state index is 13.2. The largest absolute Gasteiger partial charge is 0.357 e. The molecule has 3 aliphatic rings. The smallest absolute Gasteiger partial charge is 0.233 e. The van der Waals surface area contributed by atoms with Gasteiger partial charge < -0.3 is 4.90 Å². The van der Waals surface area contributed by atoms with Gasteiger partial charge in [-0.05, 0) is 31.4 Å². The zero-order valence-electron chi connectivity index (χ0n) is 17.8. The molecule has 8 heteroatoms. The number of aromatic nitrogens is 2. The molecular weight excluding hydrogens is 394 g/mol. The van der Waals surface area contributed by atoms with Crippen molar-refractivity contribution in [2.24, 2.45) is 11.8 Å². The van der Waals surface area contributed by atoms with Gasteiger partial charge in [-0.15, -0.1) is 0 Å². The number of hydrogen-bond acceptors (Lipinski definition) is 6. The van der Waals surface area contributed by atoms with E-state index < -0.39 is 0 Å². The summed E-state index contributed by atoms with van der Waals surface area (Å²) in [5, 5.41) is 0. The van der Waals surface area contributed by atoms with Crippen LogP contribution in [0, 0.1) is 11.8 Å². The molecule has 2 fully saturated rings. The van der Waals surface area contributed by atoms with Gasteiger partial charge in [-0.2, -0.15) is 0 Å². The lowest BCUT2D eigenvalue weighted by atomic mass is 9.81. The molecule has 2 aromatic rings.